The molecule has 0 saturated heterocycles. The molecule has 2 aromatic rings. The summed E-state index contributed by atoms with van der Waals surface area (Å²) in [7, 11) is 2.92. The third-order valence-electron chi connectivity index (χ3n) is 3.19. The van der Waals surface area contributed by atoms with Gasteiger partial charge in [0, 0.05) is 6.07 Å². The van der Waals surface area contributed by atoms with E-state index in [4.69, 9.17) is 32.7 Å². The highest BCUT2D eigenvalue weighted by atomic mass is 35.5. The van der Waals surface area contributed by atoms with Gasteiger partial charge < -0.3 is 19.9 Å². The van der Waals surface area contributed by atoms with Crippen molar-refractivity contribution in [2.24, 2.45) is 0 Å². The summed E-state index contributed by atoms with van der Waals surface area (Å²) in [6.45, 7) is 0. The Bertz CT molecular complexity index is 807. The molecule has 0 bridgehead atoms. The van der Waals surface area contributed by atoms with Crippen LogP contribution >= 0.6 is 23.2 Å². The van der Waals surface area contributed by atoms with Crippen LogP contribution in [-0.4, -0.2) is 31.2 Å². The van der Waals surface area contributed by atoms with Crippen LogP contribution < -0.4 is 14.8 Å². The van der Waals surface area contributed by atoms with Gasteiger partial charge in [0.25, 0.3) is 5.91 Å². The van der Waals surface area contributed by atoms with Gasteiger partial charge in [0.1, 0.15) is 11.5 Å². The molecular weight excluding hydrogens is 357 g/mol. The number of hydrogen-bond donors (Lipinski definition) is 2. The average molecular weight is 370 g/mol. The quantitative estimate of drug-likeness (QED) is 0.832. The SMILES string of the molecule is COc1ccc(OC)c(NC(=O)c2cc(Cl)c(Cl)cc2C(=O)O)c1. The van der Waals surface area contributed by atoms with Gasteiger partial charge in [-0.25, -0.2) is 4.79 Å². The van der Waals surface area contributed by atoms with Crippen LogP contribution in [0.1, 0.15) is 20.7 Å². The highest BCUT2D eigenvalue weighted by molar-refractivity contribution is 6.42. The fourth-order valence-corrected chi connectivity index (χ4v) is 2.34. The molecule has 0 aromatic heterocycles. The molecule has 0 aliphatic rings. The van der Waals surface area contributed by atoms with Crippen LogP contribution in [0.2, 0.25) is 10.0 Å². The summed E-state index contributed by atoms with van der Waals surface area (Å²) in [6.07, 6.45) is 0. The number of anilines is 1. The summed E-state index contributed by atoms with van der Waals surface area (Å²) in [5, 5.41) is 12.0. The molecule has 6 nitrogen and oxygen atoms in total. The summed E-state index contributed by atoms with van der Waals surface area (Å²) in [5.41, 5.74) is -0.0604. The normalized spacial score (nSPS) is 10.2. The van der Waals surface area contributed by atoms with Crippen molar-refractivity contribution in [3.63, 3.8) is 0 Å². The van der Waals surface area contributed by atoms with E-state index in [1.807, 2.05) is 0 Å². The number of carboxylic acids is 1. The monoisotopic (exact) mass is 369 g/mol. The first kappa shape index (κ1) is 17.9. The second-order valence-corrected chi connectivity index (χ2v) is 5.45. The van der Waals surface area contributed by atoms with Gasteiger partial charge >= 0.3 is 5.97 Å². The van der Waals surface area contributed by atoms with E-state index in [0.29, 0.717) is 17.2 Å². The molecule has 24 heavy (non-hydrogen) atoms. The van der Waals surface area contributed by atoms with E-state index in [1.165, 1.54) is 20.3 Å². The zero-order valence-electron chi connectivity index (χ0n) is 12.7. The topological polar surface area (TPSA) is 84.9 Å². The molecule has 0 heterocycles. The molecule has 0 atom stereocenters. The van der Waals surface area contributed by atoms with Gasteiger partial charge in [-0.05, 0) is 24.3 Å². The van der Waals surface area contributed by atoms with E-state index in [0.717, 1.165) is 6.07 Å². The Morgan fingerprint density at radius 3 is 2.17 bits per heavy atom. The summed E-state index contributed by atoms with van der Waals surface area (Å²) in [4.78, 5) is 23.8. The number of carbonyl (C=O) groups is 2. The highest BCUT2D eigenvalue weighted by Gasteiger charge is 2.20. The van der Waals surface area contributed by atoms with Crippen LogP contribution in [0, 0.1) is 0 Å². The fourth-order valence-electron chi connectivity index (χ4n) is 2.01. The molecule has 0 spiro atoms. The third kappa shape index (κ3) is 3.72. The van der Waals surface area contributed by atoms with Crippen molar-refractivity contribution in [3.05, 3.63) is 51.5 Å². The fraction of sp³-hybridized carbons (Fsp3) is 0.125. The molecule has 1 amide bonds. The maximum absolute atomic E-state index is 12.5. The van der Waals surface area contributed by atoms with E-state index in [2.05, 4.69) is 5.32 Å². The van der Waals surface area contributed by atoms with Crippen LogP contribution in [0.5, 0.6) is 11.5 Å². The first-order chi connectivity index (χ1) is 11.4. The van der Waals surface area contributed by atoms with Crippen molar-refractivity contribution < 1.29 is 24.2 Å². The van der Waals surface area contributed by atoms with Crippen LogP contribution in [0.4, 0.5) is 5.69 Å². The lowest BCUT2D eigenvalue weighted by molar-refractivity contribution is 0.0692. The first-order valence-electron chi connectivity index (χ1n) is 6.63. The lowest BCUT2D eigenvalue weighted by Crippen LogP contribution is -2.17. The zero-order chi connectivity index (χ0) is 17.9. The van der Waals surface area contributed by atoms with Gasteiger partial charge in [0.2, 0.25) is 0 Å². The van der Waals surface area contributed by atoms with Crippen molar-refractivity contribution >= 4 is 40.8 Å². The third-order valence-corrected chi connectivity index (χ3v) is 3.91. The van der Waals surface area contributed by atoms with Crippen LogP contribution in [0.3, 0.4) is 0 Å². The summed E-state index contributed by atoms with van der Waals surface area (Å²) in [5.74, 6) is -1.08. The number of methoxy groups -OCH3 is 2. The number of aromatic carboxylic acids is 1. The highest BCUT2D eigenvalue weighted by Crippen LogP contribution is 2.31. The molecule has 8 heteroatoms. The van der Waals surface area contributed by atoms with E-state index in [9.17, 15) is 14.7 Å². The number of carboxylic acid groups (broad SMARTS) is 1. The summed E-state index contributed by atoms with van der Waals surface area (Å²) < 4.78 is 10.3. The second-order valence-electron chi connectivity index (χ2n) is 4.64. The minimum Gasteiger partial charge on any atom is -0.497 e. The average Bonchev–Trinajstić information content (AvgIpc) is 2.56. The van der Waals surface area contributed by atoms with Crippen LogP contribution in [0.15, 0.2) is 30.3 Å². The van der Waals surface area contributed by atoms with E-state index < -0.39 is 11.9 Å². The van der Waals surface area contributed by atoms with Gasteiger partial charge in [-0.2, -0.15) is 0 Å². The van der Waals surface area contributed by atoms with E-state index in [-0.39, 0.29) is 21.2 Å². The number of carbonyl (C=O) groups excluding carboxylic acids is 1. The largest absolute Gasteiger partial charge is 0.497 e. The first-order valence-corrected chi connectivity index (χ1v) is 7.38. The lowest BCUT2D eigenvalue weighted by atomic mass is 10.1. The van der Waals surface area contributed by atoms with Crippen molar-refractivity contribution in [2.75, 3.05) is 19.5 Å². The molecule has 0 aliphatic carbocycles. The van der Waals surface area contributed by atoms with Gasteiger partial charge in [-0.15, -0.1) is 0 Å². The van der Waals surface area contributed by atoms with Crippen LogP contribution in [0.25, 0.3) is 0 Å². The number of benzene rings is 2. The number of nitrogens with one attached hydrogen (secondary N) is 1. The molecule has 0 saturated carbocycles. The predicted molar refractivity (Wildman–Crippen MR) is 90.9 cm³/mol. The molecule has 0 aliphatic heterocycles. The van der Waals surface area contributed by atoms with Gasteiger partial charge in [-0.3, -0.25) is 4.79 Å². The Morgan fingerprint density at radius 2 is 1.62 bits per heavy atom. The number of amides is 1. The maximum atomic E-state index is 12.5. The van der Waals surface area contributed by atoms with Gasteiger partial charge in [-0.1, -0.05) is 23.2 Å². The van der Waals surface area contributed by atoms with Crippen LogP contribution in [-0.2, 0) is 0 Å². The Labute approximate surface area is 147 Å². The molecule has 2 N–H and O–H groups in total. The molecule has 2 aromatic carbocycles. The maximum Gasteiger partial charge on any atom is 0.336 e. The van der Waals surface area contributed by atoms with Crippen molar-refractivity contribution in [2.45, 2.75) is 0 Å². The smallest absolute Gasteiger partial charge is 0.336 e. The van der Waals surface area contributed by atoms with Crippen molar-refractivity contribution in [3.8, 4) is 11.5 Å². The Morgan fingerprint density at radius 1 is 1.00 bits per heavy atom. The molecule has 126 valence electrons. The lowest BCUT2D eigenvalue weighted by Gasteiger charge is -2.13. The number of hydrogen-bond acceptors (Lipinski definition) is 4. The molecule has 0 fully saturated rings. The minimum atomic E-state index is -1.30. The zero-order valence-corrected chi connectivity index (χ0v) is 14.2. The summed E-state index contributed by atoms with van der Waals surface area (Å²) in [6, 6.07) is 7.16. The minimum absolute atomic E-state index is 0.0459. The molecule has 0 unspecified atom stereocenters. The predicted octanol–water partition coefficient (Wildman–Crippen LogP) is 3.96. The Balaban J connectivity index is 2.44. The summed E-state index contributed by atoms with van der Waals surface area (Å²) >= 11 is 11.7. The van der Waals surface area contributed by atoms with Gasteiger partial charge in [0.05, 0.1) is 41.1 Å². The Kier molecular flexibility index (Phi) is 5.54. The number of halogens is 2. The molecule has 2 rings (SSSR count). The standard InChI is InChI=1S/C16H13Cl2NO5/c1-23-8-3-4-14(24-2)13(5-8)19-15(20)9-6-11(17)12(18)7-10(9)16(21)22/h3-7H,1-2H3,(H,19,20)(H,21,22). The van der Waals surface area contributed by atoms with E-state index in [1.54, 1.807) is 18.2 Å². The molecule has 0 radical (unpaired) electrons. The van der Waals surface area contributed by atoms with Crippen molar-refractivity contribution in [1.29, 1.82) is 0 Å². The second kappa shape index (κ2) is 7.42. The Hall–Kier alpha value is -2.44. The molecular formula is C16H13Cl2NO5. The van der Waals surface area contributed by atoms with Gasteiger partial charge in [0.15, 0.2) is 0 Å². The van der Waals surface area contributed by atoms with E-state index >= 15 is 0 Å². The number of ether oxygens (including phenoxy) is 2. The number of rotatable bonds is 5. The van der Waals surface area contributed by atoms with Crippen molar-refractivity contribution in [1.82, 2.24) is 0 Å².